The molecule has 0 radical (unpaired) electrons. The fraction of sp³-hybridized carbons (Fsp3) is 0.280. The zero-order valence-electron chi connectivity index (χ0n) is 16.5. The van der Waals surface area contributed by atoms with E-state index >= 15 is 0 Å². The van der Waals surface area contributed by atoms with Crippen LogP contribution in [0.4, 0.5) is 0 Å². The lowest BCUT2D eigenvalue weighted by Crippen LogP contribution is -2.68. The van der Waals surface area contributed by atoms with Crippen molar-refractivity contribution in [2.75, 3.05) is 0 Å². The molecule has 27 heavy (non-hydrogen) atoms. The van der Waals surface area contributed by atoms with Gasteiger partial charge in [-0.25, -0.2) is 0 Å². The van der Waals surface area contributed by atoms with E-state index in [1.165, 1.54) is 15.9 Å². The van der Waals surface area contributed by atoms with Crippen LogP contribution in [-0.4, -0.2) is 8.32 Å². The van der Waals surface area contributed by atoms with Crippen LogP contribution in [0, 0.1) is 5.41 Å². The minimum atomic E-state index is -2.34. The lowest BCUT2D eigenvalue weighted by atomic mass is 9.70. The Balaban J connectivity index is 1.91. The van der Waals surface area contributed by atoms with Crippen molar-refractivity contribution in [2.45, 2.75) is 38.8 Å². The molecule has 1 heterocycles. The maximum atomic E-state index is 7.37. The summed E-state index contributed by atoms with van der Waals surface area (Å²) in [6.45, 7) is 7.01. The minimum absolute atomic E-state index is 0.0639. The molecular formula is C25H28OSi. The van der Waals surface area contributed by atoms with Crippen LogP contribution in [0.25, 0.3) is 0 Å². The van der Waals surface area contributed by atoms with Crippen LogP contribution in [0.5, 0.6) is 0 Å². The second-order valence-electron chi connectivity index (χ2n) is 8.44. The first-order valence-electron chi connectivity index (χ1n) is 9.85. The predicted octanol–water partition coefficient (Wildman–Crippen LogP) is 5.11. The molecule has 0 amide bonds. The van der Waals surface area contributed by atoms with Crippen LogP contribution in [-0.2, 0) is 10.0 Å². The molecule has 0 bridgehead atoms. The van der Waals surface area contributed by atoms with Gasteiger partial charge in [-0.3, -0.25) is 0 Å². The van der Waals surface area contributed by atoms with Crippen LogP contribution < -0.4 is 10.4 Å². The van der Waals surface area contributed by atoms with Gasteiger partial charge in [-0.05, 0) is 40.7 Å². The van der Waals surface area contributed by atoms with E-state index in [9.17, 15) is 0 Å². The molecule has 0 N–H and O–H groups in total. The summed E-state index contributed by atoms with van der Waals surface area (Å²) in [7, 11) is -2.34. The zero-order chi connectivity index (χ0) is 19.0. The van der Waals surface area contributed by atoms with E-state index in [-0.39, 0.29) is 11.0 Å². The summed E-state index contributed by atoms with van der Waals surface area (Å²) in [5.74, 6) is 0. The molecule has 0 spiro atoms. The van der Waals surface area contributed by atoms with Crippen molar-refractivity contribution in [3.8, 4) is 0 Å². The molecule has 1 saturated heterocycles. The highest BCUT2D eigenvalue weighted by molar-refractivity contribution is 6.97. The standard InChI is InChI=1S/C25H28OSi/c1-24(2)19-20-27(22-15-9-5-10-16-22,23-17-11-6-12-18-23)26-25(24,3)21-13-7-4-8-14-21/h4-18H,19-20H2,1-3H3. The SMILES string of the molecule is CC1(C)CC[Si](c2ccccc2)(c2ccccc2)OC1(C)c1ccccc1. The van der Waals surface area contributed by atoms with Gasteiger partial charge in [0.25, 0.3) is 8.32 Å². The zero-order valence-corrected chi connectivity index (χ0v) is 17.5. The molecule has 3 aromatic carbocycles. The van der Waals surface area contributed by atoms with E-state index in [0.29, 0.717) is 0 Å². The van der Waals surface area contributed by atoms with Gasteiger partial charge in [0.15, 0.2) is 0 Å². The second kappa shape index (κ2) is 6.77. The Morgan fingerprint density at radius 1 is 0.667 bits per heavy atom. The van der Waals surface area contributed by atoms with Crippen molar-refractivity contribution in [3.63, 3.8) is 0 Å². The van der Waals surface area contributed by atoms with Crippen LogP contribution in [0.2, 0.25) is 6.04 Å². The Morgan fingerprint density at radius 3 is 1.59 bits per heavy atom. The summed E-state index contributed by atoms with van der Waals surface area (Å²) in [6.07, 6.45) is 1.15. The topological polar surface area (TPSA) is 9.23 Å². The van der Waals surface area contributed by atoms with E-state index in [4.69, 9.17) is 4.43 Å². The van der Waals surface area contributed by atoms with Crippen molar-refractivity contribution in [2.24, 2.45) is 5.41 Å². The normalized spacial score (nSPS) is 23.7. The van der Waals surface area contributed by atoms with Crippen LogP contribution >= 0.6 is 0 Å². The molecule has 3 aromatic rings. The maximum absolute atomic E-state index is 7.37. The van der Waals surface area contributed by atoms with E-state index < -0.39 is 8.32 Å². The first-order chi connectivity index (χ1) is 13.0. The smallest absolute Gasteiger partial charge is 0.257 e. The van der Waals surface area contributed by atoms with Gasteiger partial charge in [0.05, 0.1) is 5.60 Å². The highest BCUT2D eigenvalue weighted by Gasteiger charge is 2.56. The largest absolute Gasteiger partial charge is 0.398 e. The molecule has 2 heteroatoms. The van der Waals surface area contributed by atoms with Gasteiger partial charge in [-0.15, -0.1) is 0 Å². The minimum Gasteiger partial charge on any atom is -0.398 e. The number of hydrogen-bond acceptors (Lipinski definition) is 1. The van der Waals surface area contributed by atoms with Crippen molar-refractivity contribution in [1.82, 2.24) is 0 Å². The van der Waals surface area contributed by atoms with Gasteiger partial charge in [-0.2, -0.15) is 0 Å². The Kier molecular flexibility index (Phi) is 4.57. The number of hydrogen-bond donors (Lipinski definition) is 0. The quantitative estimate of drug-likeness (QED) is 0.581. The fourth-order valence-corrected chi connectivity index (χ4v) is 9.24. The van der Waals surface area contributed by atoms with Gasteiger partial charge in [-0.1, -0.05) is 105 Å². The van der Waals surface area contributed by atoms with Crippen molar-refractivity contribution < 1.29 is 4.43 Å². The van der Waals surface area contributed by atoms with E-state index in [2.05, 4.69) is 112 Å². The van der Waals surface area contributed by atoms with E-state index in [1.54, 1.807) is 0 Å². The summed E-state index contributed by atoms with van der Waals surface area (Å²) in [4.78, 5) is 0. The van der Waals surface area contributed by atoms with Crippen molar-refractivity contribution in [3.05, 3.63) is 96.6 Å². The molecule has 1 aliphatic rings. The van der Waals surface area contributed by atoms with Crippen LogP contribution in [0.15, 0.2) is 91.0 Å². The molecule has 0 aromatic heterocycles. The third kappa shape index (κ3) is 2.97. The summed E-state index contributed by atoms with van der Waals surface area (Å²) >= 11 is 0. The molecule has 1 atom stereocenters. The fourth-order valence-electron chi connectivity index (χ4n) is 4.46. The Labute approximate surface area is 164 Å². The van der Waals surface area contributed by atoms with Gasteiger partial charge in [0.2, 0.25) is 0 Å². The first kappa shape index (κ1) is 18.2. The van der Waals surface area contributed by atoms with Crippen molar-refractivity contribution >= 4 is 18.7 Å². The van der Waals surface area contributed by atoms with E-state index in [1.807, 2.05) is 0 Å². The third-order valence-electron chi connectivity index (χ3n) is 6.58. The average Bonchev–Trinajstić information content (AvgIpc) is 2.72. The lowest BCUT2D eigenvalue weighted by molar-refractivity contribution is -0.0574. The Hall–Kier alpha value is -2.16. The lowest BCUT2D eigenvalue weighted by Gasteiger charge is -2.55. The molecule has 0 aliphatic carbocycles. The second-order valence-corrected chi connectivity index (χ2v) is 12.0. The summed E-state index contributed by atoms with van der Waals surface area (Å²) in [6, 6.07) is 33.8. The Morgan fingerprint density at radius 2 is 1.11 bits per heavy atom. The first-order valence-corrected chi connectivity index (χ1v) is 12.0. The number of benzene rings is 3. The number of rotatable bonds is 3. The third-order valence-corrected chi connectivity index (χ3v) is 10.8. The summed E-state index contributed by atoms with van der Waals surface area (Å²) in [5, 5.41) is 2.74. The maximum Gasteiger partial charge on any atom is 0.257 e. The van der Waals surface area contributed by atoms with Gasteiger partial charge < -0.3 is 4.43 Å². The van der Waals surface area contributed by atoms with Gasteiger partial charge in [0, 0.05) is 0 Å². The van der Waals surface area contributed by atoms with Crippen LogP contribution in [0.3, 0.4) is 0 Å². The molecule has 1 nitrogen and oxygen atoms in total. The molecule has 1 fully saturated rings. The Bertz CT molecular complexity index is 850. The average molecular weight is 373 g/mol. The molecule has 1 unspecified atom stereocenters. The highest BCUT2D eigenvalue weighted by Crippen LogP contribution is 2.52. The summed E-state index contributed by atoms with van der Waals surface area (Å²) in [5.41, 5.74) is 1.01. The van der Waals surface area contributed by atoms with Gasteiger partial charge >= 0.3 is 0 Å². The monoisotopic (exact) mass is 372 g/mol. The molecule has 1 aliphatic heterocycles. The van der Waals surface area contributed by atoms with Gasteiger partial charge in [0.1, 0.15) is 0 Å². The highest BCUT2D eigenvalue weighted by atomic mass is 28.4. The van der Waals surface area contributed by atoms with Crippen LogP contribution in [0.1, 0.15) is 32.8 Å². The van der Waals surface area contributed by atoms with Crippen molar-refractivity contribution in [1.29, 1.82) is 0 Å². The molecule has 0 saturated carbocycles. The molecule has 138 valence electrons. The summed E-state index contributed by atoms with van der Waals surface area (Å²) < 4.78 is 7.37. The molecular weight excluding hydrogens is 344 g/mol. The van der Waals surface area contributed by atoms with E-state index in [0.717, 1.165) is 12.5 Å². The molecule has 4 rings (SSSR count). The predicted molar refractivity (Wildman–Crippen MR) is 116 cm³/mol.